The lowest BCUT2D eigenvalue weighted by Gasteiger charge is -2.33. The molecule has 10 heteroatoms. The number of halogens is 8. The van der Waals surface area contributed by atoms with E-state index in [9.17, 15) is 35.1 Å². The second-order valence-corrected chi connectivity index (χ2v) is 8.48. The van der Waals surface area contributed by atoms with Crippen LogP contribution in [0, 0.1) is 35.1 Å². The molecule has 0 N–H and O–H groups in total. The number of hydrogen-bond acceptors (Lipinski definition) is 2. The Morgan fingerprint density at radius 1 is 0.914 bits per heavy atom. The largest absolute Gasteiger partial charge is 0.459 e. The standard InChI is InChI=1S/C25H24F8O2/c1-2-3-14-4-6-16(7-5-14)25(32,33)35-17-12-18(26)23(19(27)13-17)15-10-20(28)24(21(29)11-15)34-9-8-22(30)31/h8-14,16,22H,2-7H2,1H3. The van der Waals surface area contributed by atoms with Gasteiger partial charge in [0.25, 0.3) is 6.43 Å². The molecule has 0 unspecified atom stereocenters. The number of rotatable bonds is 9. The normalized spacial score (nSPS) is 18.9. The van der Waals surface area contributed by atoms with Crippen LogP contribution in [0.1, 0.15) is 45.4 Å². The third kappa shape index (κ3) is 6.67. The van der Waals surface area contributed by atoms with E-state index in [2.05, 4.69) is 9.47 Å². The van der Waals surface area contributed by atoms with Gasteiger partial charge in [-0.3, -0.25) is 0 Å². The van der Waals surface area contributed by atoms with Crippen LogP contribution < -0.4 is 9.47 Å². The van der Waals surface area contributed by atoms with Crippen molar-refractivity contribution < 1.29 is 44.6 Å². The molecule has 3 rings (SSSR count). The van der Waals surface area contributed by atoms with E-state index < -0.39 is 64.3 Å². The summed E-state index contributed by atoms with van der Waals surface area (Å²) in [5, 5.41) is 0. The first-order valence-corrected chi connectivity index (χ1v) is 11.2. The minimum absolute atomic E-state index is 0.222. The van der Waals surface area contributed by atoms with Crippen LogP contribution in [0.4, 0.5) is 35.1 Å². The van der Waals surface area contributed by atoms with Gasteiger partial charge in [-0.1, -0.05) is 19.8 Å². The van der Waals surface area contributed by atoms with Gasteiger partial charge < -0.3 is 9.47 Å². The molecule has 192 valence electrons. The van der Waals surface area contributed by atoms with Gasteiger partial charge in [0, 0.05) is 18.2 Å². The van der Waals surface area contributed by atoms with E-state index in [0.717, 1.165) is 12.8 Å². The van der Waals surface area contributed by atoms with E-state index in [-0.39, 0.29) is 18.9 Å². The molecule has 0 amide bonds. The maximum atomic E-state index is 14.7. The topological polar surface area (TPSA) is 18.5 Å². The lowest BCUT2D eigenvalue weighted by Crippen LogP contribution is -2.37. The molecule has 0 aromatic heterocycles. The molecule has 35 heavy (non-hydrogen) atoms. The van der Waals surface area contributed by atoms with Crippen LogP contribution in [-0.2, 0) is 0 Å². The predicted octanol–water partition coefficient (Wildman–Crippen LogP) is 8.65. The Bertz CT molecular complexity index is 1000. The van der Waals surface area contributed by atoms with Crippen molar-refractivity contribution in [1.29, 1.82) is 0 Å². The van der Waals surface area contributed by atoms with E-state index in [1.54, 1.807) is 0 Å². The fourth-order valence-corrected chi connectivity index (χ4v) is 4.30. The Labute approximate surface area is 197 Å². The van der Waals surface area contributed by atoms with Crippen molar-refractivity contribution in [2.24, 2.45) is 11.8 Å². The first kappa shape index (κ1) is 26.8. The molecule has 0 spiro atoms. The van der Waals surface area contributed by atoms with Gasteiger partial charge in [-0.25, -0.2) is 26.3 Å². The zero-order chi connectivity index (χ0) is 25.8. The highest BCUT2D eigenvalue weighted by Gasteiger charge is 2.44. The monoisotopic (exact) mass is 508 g/mol. The summed E-state index contributed by atoms with van der Waals surface area (Å²) in [6.07, 6.45) is -2.37. The molecule has 0 aliphatic heterocycles. The Morgan fingerprint density at radius 3 is 2.00 bits per heavy atom. The van der Waals surface area contributed by atoms with E-state index in [0.29, 0.717) is 49.3 Å². The van der Waals surface area contributed by atoms with E-state index in [1.165, 1.54) is 0 Å². The van der Waals surface area contributed by atoms with Crippen LogP contribution in [-0.4, -0.2) is 12.5 Å². The summed E-state index contributed by atoms with van der Waals surface area (Å²) in [5.41, 5.74) is -1.47. The zero-order valence-corrected chi connectivity index (χ0v) is 18.8. The first-order valence-electron chi connectivity index (χ1n) is 11.2. The molecule has 2 aromatic carbocycles. The highest BCUT2D eigenvalue weighted by atomic mass is 19.3. The summed E-state index contributed by atoms with van der Waals surface area (Å²) in [4.78, 5) is 0. The second kappa shape index (κ2) is 11.3. The van der Waals surface area contributed by atoms with Crippen molar-refractivity contribution in [3.8, 4) is 22.6 Å². The maximum absolute atomic E-state index is 14.7. The summed E-state index contributed by atoms with van der Waals surface area (Å²) >= 11 is 0. The SMILES string of the molecule is CCCC1CCC(C(F)(F)Oc2cc(F)c(-c3cc(F)c(OC=CC(F)F)c(F)c3)c(F)c2)CC1. The molecule has 1 aliphatic rings. The van der Waals surface area contributed by atoms with Crippen LogP contribution in [0.15, 0.2) is 36.6 Å². The molecular weight excluding hydrogens is 484 g/mol. The summed E-state index contributed by atoms with van der Waals surface area (Å²) in [5.74, 6) is -8.14. The van der Waals surface area contributed by atoms with Gasteiger partial charge in [0.15, 0.2) is 17.4 Å². The molecule has 2 aromatic rings. The van der Waals surface area contributed by atoms with E-state index >= 15 is 0 Å². The highest BCUT2D eigenvalue weighted by molar-refractivity contribution is 5.67. The molecule has 0 radical (unpaired) electrons. The second-order valence-electron chi connectivity index (χ2n) is 8.48. The number of allylic oxidation sites excluding steroid dienone is 1. The smallest absolute Gasteiger partial charge is 0.400 e. The molecule has 2 nitrogen and oxygen atoms in total. The average molecular weight is 508 g/mol. The predicted molar refractivity (Wildman–Crippen MR) is 113 cm³/mol. The van der Waals surface area contributed by atoms with Gasteiger partial charge in [0.1, 0.15) is 17.4 Å². The fourth-order valence-electron chi connectivity index (χ4n) is 4.30. The quantitative estimate of drug-likeness (QED) is 0.249. The van der Waals surface area contributed by atoms with Crippen molar-refractivity contribution in [2.45, 2.75) is 58.0 Å². The molecule has 0 atom stereocenters. The van der Waals surface area contributed by atoms with Crippen LogP contribution in [0.3, 0.4) is 0 Å². The summed E-state index contributed by atoms with van der Waals surface area (Å²) < 4.78 is 120. The van der Waals surface area contributed by atoms with Crippen molar-refractivity contribution >= 4 is 0 Å². The average Bonchev–Trinajstić information content (AvgIpc) is 2.75. The van der Waals surface area contributed by atoms with Crippen molar-refractivity contribution in [2.75, 3.05) is 0 Å². The molecule has 1 fully saturated rings. The molecule has 0 heterocycles. The van der Waals surface area contributed by atoms with Gasteiger partial charge in [-0.05, 0) is 49.3 Å². The van der Waals surface area contributed by atoms with Crippen LogP contribution in [0.25, 0.3) is 11.1 Å². The number of benzene rings is 2. The molecule has 0 saturated heterocycles. The van der Waals surface area contributed by atoms with E-state index in [1.807, 2.05) is 6.92 Å². The zero-order valence-electron chi connectivity index (χ0n) is 18.8. The summed E-state index contributed by atoms with van der Waals surface area (Å²) in [7, 11) is 0. The van der Waals surface area contributed by atoms with Crippen molar-refractivity contribution in [3.63, 3.8) is 0 Å². The Hall–Kier alpha value is -2.78. The van der Waals surface area contributed by atoms with Gasteiger partial charge in [-0.2, -0.15) is 8.78 Å². The Balaban J connectivity index is 1.79. The number of alkyl halides is 4. The summed E-state index contributed by atoms with van der Waals surface area (Å²) in [6.45, 7) is 2.02. The van der Waals surface area contributed by atoms with Gasteiger partial charge in [0.2, 0.25) is 0 Å². The van der Waals surface area contributed by atoms with Crippen LogP contribution in [0.5, 0.6) is 11.5 Å². The van der Waals surface area contributed by atoms with Gasteiger partial charge in [-0.15, -0.1) is 0 Å². The van der Waals surface area contributed by atoms with Crippen LogP contribution >= 0.6 is 0 Å². The third-order valence-electron chi connectivity index (χ3n) is 5.99. The van der Waals surface area contributed by atoms with E-state index in [4.69, 9.17) is 0 Å². The molecule has 1 saturated carbocycles. The summed E-state index contributed by atoms with van der Waals surface area (Å²) in [6, 6.07) is 2.08. The number of ether oxygens (including phenoxy) is 2. The molecule has 0 bridgehead atoms. The molecule has 1 aliphatic carbocycles. The minimum atomic E-state index is -3.65. The highest BCUT2D eigenvalue weighted by Crippen LogP contribution is 2.42. The Morgan fingerprint density at radius 2 is 1.49 bits per heavy atom. The minimum Gasteiger partial charge on any atom is -0.459 e. The van der Waals surface area contributed by atoms with Crippen molar-refractivity contribution in [3.05, 3.63) is 59.9 Å². The van der Waals surface area contributed by atoms with Crippen molar-refractivity contribution in [1.82, 2.24) is 0 Å². The number of hydrogen-bond donors (Lipinski definition) is 0. The van der Waals surface area contributed by atoms with Gasteiger partial charge in [0.05, 0.1) is 17.7 Å². The lowest BCUT2D eigenvalue weighted by atomic mass is 9.79. The maximum Gasteiger partial charge on any atom is 0.400 e. The lowest BCUT2D eigenvalue weighted by molar-refractivity contribution is -0.223. The third-order valence-corrected chi connectivity index (χ3v) is 5.99. The Kier molecular flexibility index (Phi) is 8.66. The fraction of sp³-hybridized carbons (Fsp3) is 0.440. The first-order chi connectivity index (χ1) is 16.5. The van der Waals surface area contributed by atoms with Crippen LogP contribution in [0.2, 0.25) is 0 Å². The van der Waals surface area contributed by atoms with Gasteiger partial charge >= 0.3 is 6.11 Å². The molecular formula is C25H24F8O2.